The van der Waals surface area contributed by atoms with Gasteiger partial charge in [-0.1, -0.05) is 13.8 Å². The van der Waals surface area contributed by atoms with Gasteiger partial charge in [0, 0.05) is 11.4 Å². The number of amides is 1. The van der Waals surface area contributed by atoms with Gasteiger partial charge in [0.15, 0.2) is 11.5 Å². The Bertz CT molecular complexity index is 449. The fourth-order valence-corrected chi connectivity index (χ4v) is 2.52. The molecule has 1 atom stereocenters. The number of methoxy groups -OCH3 is 2. The molecule has 0 aliphatic carbocycles. The fraction of sp³-hybridized carbons (Fsp3) is 0.533. The van der Waals surface area contributed by atoms with Crippen LogP contribution in [-0.4, -0.2) is 31.9 Å². The minimum Gasteiger partial charge on any atom is -0.493 e. The summed E-state index contributed by atoms with van der Waals surface area (Å²) in [7, 11) is 3.21. The first-order chi connectivity index (χ1) is 9.47. The normalized spacial score (nSPS) is 12.1. The summed E-state index contributed by atoms with van der Waals surface area (Å²) in [6.07, 6.45) is 0. The molecule has 1 N–H and O–H groups in total. The van der Waals surface area contributed by atoms with E-state index < -0.39 is 0 Å². The molecule has 0 aliphatic rings. The zero-order valence-corrected chi connectivity index (χ0v) is 13.5. The van der Waals surface area contributed by atoms with Crippen LogP contribution in [-0.2, 0) is 4.79 Å². The van der Waals surface area contributed by atoms with Gasteiger partial charge >= 0.3 is 0 Å². The predicted octanol–water partition coefficient (Wildman–Crippen LogP) is 2.96. The van der Waals surface area contributed by atoms with E-state index in [1.165, 1.54) is 11.8 Å². The van der Waals surface area contributed by atoms with E-state index >= 15 is 0 Å². The Balaban J connectivity index is 2.65. The van der Waals surface area contributed by atoms with Crippen molar-refractivity contribution in [1.29, 1.82) is 0 Å². The van der Waals surface area contributed by atoms with Crippen LogP contribution < -0.4 is 14.8 Å². The van der Waals surface area contributed by atoms with Gasteiger partial charge in [0.1, 0.15) is 0 Å². The van der Waals surface area contributed by atoms with E-state index in [0.29, 0.717) is 24.0 Å². The Morgan fingerprint density at radius 1 is 1.20 bits per heavy atom. The lowest BCUT2D eigenvalue weighted by Gasteiger charge is -2.14. The standard InChI is InChI=1S/C15H23NO3S/c1-10(2)9-16-15(17)11(3)20-12-6-7-13(18-4)14(8-12)19-5/h6-8,10-11H,9H2,1-5H3,(H,16,17). The van der Waals surface area contributed by atoms with Crippen molar-refractivity contribution >= 4 is 17.7 Å². The van der Waals surface area contributed by atoms with Gasteiger partial charge in [-0.15, -0.1) is 11.8 Å². The third-order valence-electron chi connectivity index (χ3n) is 2.72. The molecule has 0 spiro atoms. The van der Waals surface area contributed by atoms with Crippen molar-refractivity contribution in [3.63, 3.8) is 0 Å². The summed E-state index contributed by atoms with van der Waals surface area (Å²) >= 11 is 1.50. The molecular weight excluding hydrogens is 274 g/mol. The van der Waals surface area contributed by atoms with E-state index in [1.54, 1.807) is 14.2 Å². The third-order valence-corrected chi connectivity index (χ3v) is 3.82. The van der Waals surface area contributed by atoms with E-state index in [1.807, 2.05) is 25.1 Å². The number of hydrogen-bond donors (Lipinski definition) is 1. The molecule has 20 heavy (non-hydrogen) atoms. The van der Waals surface area contributed by atoms with Crippen LogP contribution in [0.3, 0.4) is 0 Å². The van der Waals surface area contributed by atoms with Crippen LogP contribution >= 0.6 is 11.8 Å². The second-order valence-corrected chi connectivity index (χ2v) is 6.33. The van der Waals surface area contributed by atoms with Crippen LogP contribution in [0, 0.1) is 5.92 Å². The van der Waals surface area contributed by atoms with E-state index in [0.717, 1.165) is 4.90 Å². The average molecular weight is 297 g/mol. The minimum atomic E-state index is -0.146. The summed E-state index contributed by atoms with van der Waals surface area (Å²) in [5, 5.41) is 2.79. The van der Waals surface area contributed by atoms with Gasteiger partial charge in [0.05, 0.1) is 19.5 Å². The van der Waals surface area contributed by atoms with Crippen molar-refractivity contribution < 1.29 is 14.3 Å². The highest BCUT2D eigenvalue weighted by Gasteiger charge is 2.15. The minimum absolute atomic E-state index is 0.0542. The van der Waals surface area contributed by atoms with Crippen molar-refractivity contribution in [2.24, 2.45) is 5.92 Å². The Hall–Kier alpha value is -1.36. The van der Waals surface area contributed by atoms with E-state index in [-0.39, 0.29) is 11.2 Å². The van der Waals surface area contributed by atoms with Gasteiger partial charge in [-0.2, -0.15) is 0 Å². The number of nitrogens with one attached hydrogen (secondary N) is 1. The van der Waals surface area contributed by atoms with E-state index in [4.69, 9.17) is 9.47 Å². The number of ether oxygens (including phenoxy) is 2. The van der Waals surface area contributed by atoms with Gasteiger partial charge in [-0.05, 0) is 31.0 Å². The molecule has 4 nitrogen and oxygen atoms in total. The zero-order valence-electron chi connectivity index (χ0n) is 12.7. The van der Waals surface area contributed by atoms with Crippen LogP contribution in [0.25, 0.3) is 0 Å². The van der Waals surface area contributed by atoms with Gasteiger partial charge in [0.2, 0.25) is 5.91 Å². The molecule has 1 aromatic rings. The summed E-state index contributed by atoms with van der Waals surface area (Å²) in [6.45, 7) is 6.76. The molecule has 1 rings (SSSR count). The molecule has 0 aliphatic heterocycles. The quantitative estimate of drug-likeness (QED) is 0.786. The van der Waals surface area contributed by atoms with Crippen molar-refractivity contribution in [2.45, 2.75) is 30.9 Å². The molecule has 112 valence electrons. The molecule has 1 aromatic carbocycles. The van der Waals surface area contributed by atoms with Gasteiger partial charge in [-0.3, -0.25) is 4.79 Å². The lowest BCUT2D eigenvalue weighted by atomic mass is 10.2. The summed E-state index contributed by atoms with van der Waals surface area (Å²) < 4.78 is 10.5. The first kappa shape index (κ1) is 16.7. The molecular formula is C15H23NO3S. The Morgan fingerprint density at radius 3 is 2.40 bits per heavy atom. The Kier molecular flexibility index (Phi) is 6.71. The van der Waals surface area contributed by atoms with Crippen molar-refractivity contribution in [3.05, 3.63) is 18.2 Å². The Labute approximate surface area is 125 Å². The van der Waals surface area contributed by atoms with Gasteiger partial charge < -0.3 is 14.8 Å². The number of carbonyl (C=O) groups is 1. The third kappa shape index (κ3) is 4.96. The maximum Gasteiger partial charge on any atom is 0.233 e. The van der Waals surface area contributed by atoms with Crippen LogP contribution in [0.1, 0.15) is 20.8 Å². The molecule has 0 radical (unpaired) electrons. The van der Waals surface area contributed by atoms with Crippen molar-refractivity contribution in [3.8, 4) is 11.5 Å². The van der Waals surface area contributed by atoms with Crippen molar-refractivity contribution in [2.75, 3.05) is 20.8 Å². The SMILES string of the molecule is COc1ccc(SC(C)C(=O)NCC(C)C)cc1OC. The fourth-order valence-electron chi connectivity index (χ4n) is 1.60. The number of benzene rings is 1. The highest BCUT2D eigenvalue weighted by molar-refractivity contribution is 8.00. The first-order valence-electron chi connectivity index (χ1n) is 6.64. The number of carbonyl (C=O) groups excluding carboxylic acids is 1. The monoisotopic (exact) mass is 297 g/mol. The summed E-state index contributed by atoms with van der Waals surface area (Å²) in [5.41, 5.74) is 0. The molecule has 0 bridgehead atoms. The molecule has 5 heteroatoms. The molecule has 0 heterocycles. The molecule has 0 saturated heterocycles. The van der Waals surface area contributed by atoms with Crippen molar-refractivity contribution in [1.82, 2.24) is 5.32 Å². The number of thioether (sulfide) groups is 1. The summed E-state index contributed by atoms with van der Waals surface area (Å²) in [4.78, 5) is 12.9. The number of hydrogen-bond acceptors (Lipinski definition) is 4. The largest absolute Gasteiger partial charge is 0.493 e. The second kappa shape index (κ2) is 8.04. The van der Waals surface area contributed by atoms with Gasteiger partial charge in [0.25, 0.3) is 0 Å². The average Bonchev–Trinajstić information content (AvgIpc) is 2.44. The molecule has 0 fully saturated rings. The van der Waals surface area contributed by atoms with Crippen LogP contribution in [0.15, 0.2) is 23.1 Å². The predicted molar refractivity (Wildman–Crippen MR) is 82.7 cm³/mol. The van der Waals surface area contributed by atoms with Crippen LogP contribution in [0.2, 0.25) is 0 Å². The first-order valence-corrected chi connectivity index (χ1v) is 7.52. The summed E-state index contributed by atoms with van der Waals surface area (Å²) in [6, 6.07) is 5.66. The lowest BCUT2D eigenvalue weighted by Crippen LogP contribution is -2.33. The smallest absolute Gasteiger partial charge is 0.233 e. The van der Waals surface area contributed by atoms with Gasteiger partial charge in [-0.25, -0.2) is 0 Å². The molecule has 0 saturated carbocycles. The number of rotatable bonds is 7. The maximum absolute atomic E-state index is 11.9. The maximum atomic E-state index is 11.9. The highest BCUT2D eigenvalue weighted by atomic mass is 32.2. The second-order valence-electron chi connectivity index (χ2n) is 4.92. The molecule has 1 unspecified atom stereocenters. The van der Waals surface area contributed by atoms with E-state index in [2.05, 4.69) is 19.2 Å². The molecule has 0 aromatic heterocycles. The molecule has 1 amide bonds. The zero-order chi connectivity index (χ0) is 15.1. The summed E-state index contributed by atoms with van der Waals surface area (Å²) in [5.74, 6) is 1.87. The topological polar surface area (TPSA) is 47.6 Å². The highest BCUT2D eigenvalue weighted by Crippen LogP contribution is 2.33. The van der Waals surface area contributed by atoms with Crippen LogP contribution in [0.5, 0.6) is 11.5 Å². The van der Waals surface area contributed by atoms with E-state index in [9.17, 15) is 4.79 Å². The lowest BCUT2D eigenvalue weighted by molar-refractivity contribution is -0.120. The van der Waals surface area contributed by atoms with Crippen LogP contribution in [0.4, 0.5) is 0 Å². The Morgan fingerprint density at radius 2 is 1.85 bits per heavy atom.